The van der Waals surface area contributed by atoms with Gasteiger partial charge in [-0.15, -0.1) is 0 Å². The molecule has 1 aromatic rings. The molecule has 1 aromatic carbocycles. The minimum Gasteiger partial charge on any atom is -0.481 e. The number of allylic oxidation sites excluding steroid dienone is 2. The highest BCUT2D eigenvalue weighted by atomic mass is 16.5. The lowest BCUT2D eigenvalue weighted by Crippen LogP contribution is -2.64. The lowest BCUT2D eigenvalue weighted by molar-refractivity contribution is -0.177. The number of carboxylic acid groups (broad SMARTS) is 2. The Morgan fingerprint density at radius 1 is 0.884 bits per heavy atom. The molecule has 0 heterocycles. The van der Waals surface area contributed by atoms with Crippen LogP contribution in [0, 0.1) is 44.8 Å². The first-order valence-corrected chi connectivity index (χ1v) is 16.1. The van der Waals surface area contributed by atoms with Crippen molar-refractivity contribution in [3.05, 3.63) is 47.0 Å². The van der Waals surface area contributed by atoms with Gasteiger partial charge in [0.1, 0.15) is 6.10 Å². The first-order valence-electron chi connectivity index (χ1n) is 16.1. The second-order valence-corrected chi connectivity index (χ2v) is 15.9. The molecule has 0 aromatic heterocycles. The minimum atomic E-state index is -1.08. The number of rotatable bonds is 4. The maximum Gasteiger partial charge on any atom is 0.338 e. The van der Waals surface area contributed by atoms with Crippen LogP contribution in [0.4, 0.5) is 0 Å². The van der Waals surface area contributed by atoms with Crippen molar-refractivity contribution < 1.29 is 34.1 Å². The van der Waals surface area contributed by atoms with E-state index >= 15 is 0 Å². The number of carbonyl (C=O) groups is 4. The van der Waals surface area contributed by atoms with Crippen LogP contribution in [-0.2, 0) is 14.3 Å². The van der Waals surface area contributed by atoms with Crippen molar-refractivity contribution >= 4 is 23.7 Å². The predicted octanol–water partition coefficient (Wildman–Crippen LogP) is 7.34. The van der Waals surface area contributed by atoms with Gasteiger partial charge in [0.15, 0.2) is 5.78 Å². The molecule has 0 saturated heterocycles. The van der Waals surface area contributed by atoms with Crippen molar-refractivity contribution in [3.8, 4) is 0 Å². The molecule has 4 saturated carbocycles. The van der Waals surface area contributed by atoms with Crippen LogP contribution >= 0.6 is 0 Å². The Bertz CT molecular complexity index is 1430. The zero-order valence-electron chi connectivity index (χ0n) is 26.2. The fourth-order valence-corrected chi connectivity index (χ4v) is 10.6. The van der Waals surface area contributed by atoms with Crippen LogP contribution in [0.25, 0.3) is 0 Å². The van der Waals surface area contributed by atoms with Crippen molar-refractivity contribution in [2.75, 3.05) is 0 Å². The van der Waals surface area contributed by atoms with Gasteiger partial charge in [-0.05, 0) is 129 Å². The van der Waals surface area contributed by atoms with Crippen LogP contribution in [0.1, 0.15) is 120 Å². The third-order valence-electron chi connectivity index (χ3n) is 13.7. The Morgan fingerprint density at radius 2 is 1.58 bits per heavy atom. The number of ketones is 1. The van der Waals surface area contributed by atoms with Crippen LogP contribution in [-0.4, -0.2) is 40.0 Å². The zero-order chi connectivity index (χ0) is 31.2. The number of carbonyl (C=O) groups excluding carboxylic acids is 2. The average Bonchev–Trinajstić information content (AvgIpc) is 2.95. The van der Waals surface area contributed by atoms with Gasteiger partial charge in [-0.1, -0.05) is 39.3 Å². The molecule has 7 nitrogen and oxygen atoms in total. The van der Waals surface area contributed by atoms with Gasteiger partial charge in [0.05, 0.1) is 16.5 Å². The van der Waals surface area contributed by atoms with Gasteiger partial charge in [0, 0.05) is 5.92 Å². The summed E-state index contributed by atoms with van der Waals surface area (Å²) < 4.78 is 5.93. The highest BCUT2D eigenvalue weighted by molar-refractivity contribution is 5.96. The second kappa shape index (κ2) is 9.77. The quantitative estimate of drug-likeness (QED) is 0.352. The average molecular weight is 591 g/mol. The molecule has 0 amide bonds. The fraction of sp³-hybridized carbons (Fsp3) is 0.667. The lowest BCUT2D eigenvalue weighted by atomic mass is 9.35. The summed E-state index contributed by atoms with van der Waals surface area (Å²) in [6.45, 7) is 11.2. The van der Waals surface area contributed by atoms with Gasteiger partial charge < -0.3 is 14.9 Å². The molecule has 5 aliphatic carbocycles. The molecule has 0 radical (unpaired) electrons. The van der Waals surface area contributed by atoms with Crippen LogP contribution in [0.2, 0.25) is 0 Å². The predicted molar refractivity (Wildman–Crippen MR) is 161 cm³/mol. The molecular weight excluding hydrogens is 544 g/mol. The number of aliphatic carboxylic acids is 1. The SMILES string of the molecule is C[C@]1(C(=O)O)CC[C@]2(C)CC[C@]3(C)C(=CC(=O)[C@@H]4[C@@]5(C)CC[C@H](OC(=O)c6cccc(C(=O)O)c6)C[C@@H]5CC[C@]43C)[C@@H]2C1. The molecule has 0 unspecified atom stereocenters. The van der Waals surface area contributed by atoms with Gasteiger partial charge in [0.2, 0.25) is 0 Å². The summed E-state index contributed by atoms with van der Waals surface area (Å²) >= 11 is 0. The summed E-state index contributed by atoms with van der Waals surface area (Å²) in [4.78, 5) is 51.0. The van der Waals surface area contributed by atoms with Crippen molar-refractivity contribution in [1.82, 2.24) is 0 Å². The third-order valence-corrected chi connectivity index (χ3v) is 13.7. The van der Waals surface area contributed by atoms with E-state index in [0.717, 1.165) is 38.5 Å². The van der Waals surface area contributed by atoms with Crippen molar-refractivity contribution in [1.29, 1.82) is 0 Å². The van der Waals surface area contributed by atoms with E-state index in [1.807, 2.05) is 13.0 Å². The molecule has 7 heteroatoms. The van der Waals surface area contributed by atoms with E-state index in [9.17, 15) is 29.4 Å². The minimum absolute atomic E-state index is 0.0246. The number of hydrogen-bond donors (Lipinski definition) is 2. The Labute approximate surface area is 254 Å². The number of fused-ring (bicyclic) bond motifs is 7. The van der Waals surface area contributed by atoms with E-state index in [2.05, 4.69) is 27.7 Å². The Hall–Kier alpha value is -2.96. The Balaban J connectivity index is 1.26. The maximum atomic E-state index is 14.4. The first kappa shape index (κ1) is 30.1. The highest BCUT2D eigenvalue weighted by Gasteiger charge is 2.68. The number of aromatic carboxylic acids is 1. The lowest BCUT2D eigenvalue weighted by Gasteiger charge is -2.68. The van der Waals surface area contributed by atoms with Gasteiger partial charge in [-0.25, -0.2) is 9.59 Å². The Morgan fingerprint density at radius 3 is 2.28 bits per heavy atom. The normalized spacial score (nSPS) is 43.7. The van der Waals surface area contributed by atoms with Gasteiger partial charge in [-0.2, -0.15) is 0 Å². The number of hydrogen-bond acceptors (Lipinski definition) is 5. The van der Waals surface area contributed by atoms with Crippen LogP contribution in [0.5, 0.6) is 0 Å². The summed E-state index contributed by atoms with van der Waals surface area (Å²) in [5.41, 5.74) is 0.156. The van der Waals surface area contributed by atoms with E-state index in [1.165, 1.54) is 17.7 Å². The highest BCUT2D eigenvalue weighted by Crippen LogP contribution is 2.73. The topological polar surface area (TPSA) is 118 Å². The molecule has 0 bridgehead atoms. The molecule has 5 aliphatic rings. The smallest absolute Gasteiger partial charge is 0.338 e. The molecule has 43 heavy (non-hydrogen) atoms. The van der Waals surface area contributed by atoms with E-state index in [-0.39, 0.29) is 62.4 Å². The summed E-state index contributed by atoms with van der Waals surface area (Å²) in [7, 11) is 0. The summed E-state index contributed by atoms with van der Waals surface area (Å²) in [6.07, 6.45) is 9.96. The molecule has 4 fully saturated rings. The standard InChI is InChI=1S/C36H46O7/c1-32-13-14-33(2,31(41)42)20-26(32)25-19-27(37)28-34(3)11-10-24(43-30(40)22-8-6-7-21(17-22)29(38)39)18-23(34)9-12-36(28,5)35(25,4)16-15-32/h6-8,17,19,23-24,26,28H,9-16,18,20H2,1-5H3,(H,38,39)(H,41,42)/t23-,24-,26-,28+,32+,33-,34-,35+,36+/m0/s1. The Kier molecular flexibility index (Phi) is 6.84. The third kappa shape index (κ3) is 4.34. The molecule has 9 atom stereocenters. The van der Waals surface area contributed by atoms with Gasteiger partial charge in [0.25, 0.3) is 0 Å². The van der Waals surface area contributed by atoms with Crippen molar-refractivity contribution in [3.63, 3.8) is 0 Å². The largest absolute Gasteiger partial charge is 0.481 e. The number of benzene rings is 1. The molecule has 0 spiro atoms. The first-order chi connectivity index (χ1) is 20.1. The van der Waals surface area contributed by atoms with Crippen LogP contribution < -0.4 is 0 Å². The molecule has 2 N–H and O–H groups in total. The monoisotopic (exact) mass is 590 g/mol. The second-order valence-electron chi connectivity index (χ2n) is 15.9. The van der Waals surface area contributed by atoms with Crippen LogP contribution in [0.3, 0.4) is 0 Å². The van der Waals surface area contributed by atoms with Crippen molar-refractivity contribution in [2.45, 2.75) is 105 Å². The molecule has 232 valence electrons. The summed E-state index contributed by atoms with van der Waals surface area (Å²) in [5.74, 6) is -1.90. The van der Waals surface area contributed by atoms with Crippen LogP contribution in [0.15, 0.2) is 35.9 Å². The number of carboxylic acids is 2. The zero-order valence-corrected chi connectivity index (χ0v) is 26.2. The maximum absolute atomic E-state index is 14.4. The van der Waals surface area contributed by atoms with Crippen molar-refractivity contribution in [2.24, 2.45) is 44.8 Å². The van der Waals surface area contributed by atoms with E-state index in [0.29, 0.717) is 25.7 Å². The number of ether oxygens (including phenoxy) is 1. The molecule has 0 aliphatic heterocycles. The van der Waals surface area contributed by atoms with Gasteiger partial charge >= 0.3 is 17.9 Å². The van der Waals surface area contributed by atoms with E-state index < -0.39 is 23.3 Å². The fourth-order valence-electron chi connectivity index (χ4n) is 10.6. The van der Waals surface area contributed by atoms with E-state index in [4.69, 9.17) is 4.74 Å². The summed E-state index contributed by atoms with van der Waals surface area (Å²) in [6, 6.07) is 5.95. The molecule has 6 rings (SSSR count). The van der Waals surface area contributed by atoms with Gasteiger partial charge in [-0.3, -0.25) is 9.59 Å². The molecular formula is C36H46O7. The van der Waals surface area contributed by atoms with E-state index in [1.54, 1.807) is 12.1 Å². The summed E-state index contributed by atoms with van der Waals surface area (Å²) in [5, 5.41) is 19.4. The number of esters is 1.